The van der Waals surface area contributed by atoms with Crippen LogP contribution in [0.15, 0.2) is 18.6 Å². The summed E-state index contributed by atoms with van der Waals surface area (Å²) in [7, 11) is 0. The van der Waals surface area contributed by atoms with E-state index in [1.165, 1.54) is 0 Å². The topological polar surface area (TPSA) is 67.8 Å². The third-order valence-corrected chi connectivity index (χ3v) is 5.33. The van der Waals surface area contributed by atoms with Crippen LogP contribution >= 0.6 is 0 Å². The van der Waals surface area contributed by atoms with Crippen LogP contribution in [0.1, 0.15) is 25.7 Å². The molecule has 7 nitrogen and oxygen atoms in total. The number of rotatable bonds is 2. The largest absolute Gasteiger partial charge is 0.378 e. The van der Waals surface area contributed by atoms with E-state index >= 15 is 0 Å². The lowest BCUT2D eigenvalue weighted by atomic mass is 9.79. The predicted octanol–water partition coefficient (Wildman–Crippen LogP) is 1.26. The average Bonchev–Trinajstić information content (AvgIpc) is 2.68. The van der Waals surface area contributed by atoms with Gasteiger partial charge < -0.3 is 9.64 Å². The molecule has 0 bridgehead atoms. The number of amides is 1. The first-order valence-corrected chi connectivity index (χ1v) is 8.90. The van der Waals surface area contributed by atoms with E-state index in [-0.39, 0.29) is 23.8 Å². The first-order valence-electron chi connectivity index (χ1n) is 8.90. The number of hydrogen-bond acceptors (Lipinski definition) is 6. The van der Waals surface area contributed by atoms with Gasteiger partial charge in [0.05, 0.1) is 12.7 Å². The predicted molar refractivity (Wildman–Crippen MR) is 87.1 cm³/mol. The molecular formula is C17H24N4O3. The number of ether oxygens (including phenoxy) is 1. The van der Waals surface area contributed by atoms with E-state index in [1.54, 1.807) is 17.6 Å². The number of anilines is 1. The Morgan fingerprint density at radius 2 is 2.17 bits per heavy atom. The zero-order chi connectivity index (χ0) is 16.4. The molecule has 1 amide bonds. The van der Waals surface area contributed by atoms with Gasteiger partial charge in [0.1, 0.15) is 12.1 Å². The quantitative estimate of drug-likeness (QED) is 0.812. The molecule has 0 aliphatic carbocycles. The third-order valence-electron chi connectivity index (χ3n) is 5.33. The normalized spacial score (nSPS) is 30.8. The van der Waals surface area contributed by atoms with Crippen LogP contribution in [0.3, 0.4) is 0 Å². The number of aromatic nitrogens is 2. The molecule has 0 N–H and O–H groups in total. The zero-order valence-electron chi connectivity index (χ0n) is 13.8. The maximum absolute atomic E-state index is 13.0. The van der Waals surface area contributed by atoms with E-state index < -0.39 is 0 Å². The van der Waals surface area contributed by atoms with E-state index in [9.17, 15) is 4.79 Å². The minimum Gasteiger partial charge on any atom is -0.378 e. The van der Waals surface area contributed by atoms with Crippen LogP contribution in [0.4, 0.5) is 5.82 Å². The summed E-state index contributed by atoms with van der Waals surface area (Å²) in [5.74, 6) is 1.24. The first-order chi connectivity index (χ1) is 11.8. The van der Waals surface area contributed by atoms with Crippen molar-refractivity contribution < 1.29 is 14.4 Å². The Morgan fingerprint density at radius 1 is 1.21 bits per heavy atom. The van der Waals surface area contributed by atoms with Crippen molar-refractivity contribution in [2.75, 3.05) is 37.7 Å². The fourth-order valence-electron chi connectivity index (χ4n) is 4.06. The van der Waals surface area contributed by atoms with Crippen molar-refractivity contribution in [2.24, 2.45) is 11.8 Å². The number of nitrogens with zero attached hydrogens (tertiary/aromatic N) is 4. The fourth-order valence-corrected chi connectivity index (χ4v) is 4.06. The molecule has 0 spiro atoms. The van der Waals surface area contributed by atoms with E-state index in [2.05, 4.69) is 14.9 Å². The molecule has 7 heteroatoms. The minimum absolute atomic E-state index is 0.0218. The monoisotopic (exact) mass is 332 g/mol. The highest BCUT2D eigenvalue weighted by molar-refractivity contribution is 5.78. The molecule has 24 heavy (non-hydrogen) atoms. The number of carbonyl (C=O) groups is 1. The lowest BCUT2D eigenvalue weighted by Gasteiger charge is -2.45. The highest BCUT2D eigenvalue weighted by Gasteiger charge is 2.43. The molecule has 0 aromatic carbocycles. The Bertz CT molecular complexity index is 564. The number of fused-ring (bicyclic) bond motifs is 1. The molecule has 3 aliphatic rings. The van der Waals surface area contributed by atoms with E-state index in [0.29, 0.717) is 19.8 Å². The van der Waals surface area contributed by atoms with Gasteiger partial charge in [-0.3, -0.25) is 9.63 Å². The Balaban J connectivity index is 1.49. The Morgan fingerprint density at radius 3 is 2.96 bits per heavy atom. The summed E-state index contributed by atoms with van der Waals surface area (Å²) >= 11 is 0. The van der Waals surface area contributed by atoms with Crippen LogP contribution < -0.4 is 4.90 Å². The molecule has 3 fully saturated rings. The summed E-state index contributed by atoms with van der Waals surface area (Å²) in [5.41, 5.74) is 0. The fraction of sp³-hybridized carbons (Fsp3) is 0.706. The maximum Gasteiger partial charge on any atom is 0.249 e. The molecule has 0 unspecified atom stereocenters. The highest BCUT2D eigenvalue weighted by atomic mass is 16.7. The molecule has 3 atom stereocenters. The smallest absolute Gasteiger partial charge is 0.249 e. The third kappa shape index (κ3) is 3.10. The maximum atomic E-state index is 13.0. The van der Waals surface area contributed by atoms with Crippen molar-refractivity contribution in [3.05, 3.63) is 18.6 Å². The highest BCUT2D eigenvalue weighted by Crippen LogP contribution is 2.35. The van der Waals surface area contributed by atoms with Gasteiger partial charge in [0.2, 0.25) is 5.91 Å². The van der Waals surface area contributed by atoms with Gasteiger partial charge in [-0.25, -0.2) is 15.0 Å². The van der Waals surface area contributed by atoms with Gasteiger partial charge in [-0.1, -0.05) is 0 Å². The van der Waals surface area contributed by atoms with Crippen LogP contribution in [0.5, 0.6) is 0 Å². The van der Waals surface area contributed by atoms with Gasteiger partial charge in [0.15, 0.2) is 0 Å². The lowest BCUT2D eigenvalue weighted by Crippen LogP contribution is -2.54. The Kier molecular flexibility index (Phi) is 4.62. The summed E-state index contributed by atoms with van der Waals surface area (Å²) in [6.45, 7) is 3.73. The Hall–Kier alpha value is -1.73. The van der Waals surface area contributed by atoms with Gasteiger partial charge in [0.25, 0.3) is 0 Å². The van der Waals surface area contributed by atoms with Crippen molar-refractivity contribution in [3.63, 3.8) is 0 Å². The van der Waals surface area contributed by atoms with Gasteiger partial charge in [-0.15, -0.1) is 0 Å². The molecule has 0 saturated carbocycles. The van der Waals surface area contributed by atoms with E-state index in [0.717, 1.165) is 44.6 Å². The van der Waals surface area contributed by atoms with Crippen LogP contribution in [0.25, 0.3) is 0 Å². The lowest BCUT2D eigenvalue weighted by molar-refractivity contribution is -0.208. The standard InChI is InChI=1S/C17H24N4O3/c22-17(21-7-1-2-9-24-21)13-5-10-23-15-4-8-20(11-14(13)15)16-3-6-18-12-19-16/h3,6,12-15H,1-2,4-5,7-11H2/t13-,14+,15-/m1/s1. The summed E-state index contributed by atoms with van der Waals surface area (Å²) in [4.78, 5) is 29.1. The van der Waals surface area contributed by atoms with E-state index in [1.807, 2.05) is 6.07 Å². The number of hydrogen-bond donors (Lipinski definition) is 0. The SMILES string of the molecule is O=C([C@@H]1CCO[C@@H]2CCN(c3ccncn3)C[C@H]21)N1CCCCO1. The van der Waals surface area contributed by atoms with Gasteiger partial charge in [0, 0.05) is 44.3 Å². The van der Waals surface area contributed by atoms with Crippen LogP contribution in [0.2, 0.25) is 0 Å². The minimum atomic E-state index is -0.0218. The van der Waals surface area contributed by atoms with Crippen LogP contribution in [-0.2, 0) is 14.4 Å². The second-order valence-corrected chi connectivity index (χ2v) is 6.75. The second kappa shape index (κ2) is 7.03. The van der Waals surface area contributed by atoms with Gasteiger partial charge in [-0.2, -0.15) is 0 Å². The number of piperidine rings is 1. The second-order valence-electron chi connectivity index (χ2n) is 6.75. The average molecular weight is 332 g/mol. The summed E-state index contributed by atoms with van der Waals surface area (Å²) in [5, 5.41) is 1.60. The number of carbonyl (C=O) groups excluding carboxylic acids is 1. The molecule has 3 saturated heterocycles. The molecule has 3 aliphatic heterocycles. The molecule has 130 valence electrons. The van der Waals surface area contributed by atoms with Crippen molar-refractivity contribution >= 4 is 11.7 Å². The Labute approximate surface area is 141 Å². The molecule has 4 heterocycles. The van der Waals surface area contributed by atoms with E-state index in [4.69, 9.17) is 9.57 Å². The van der Waals surface area contributed by atoms with Crippen molar-refractivity contribution in [1.29, 1.82) is 0 Å². The zero-order valence-corrected chi connectivity index (χ0v) is 13.8. The number of hydroxylamine groups is 2. The summed E-state index contributed by atoms with van der Waals surface area (Å²) in [6.07, 6.45) is 7.26. The summed E-state index contributed by atoms with van der Waals surface area (Å²) in [6, 6.07) is 1.93. The molecular weight excluding hydrogens is 308 g/mol. The van der Waals surface area contributed by atoms with Gasteiger partial charge in [-0.05, 0) is 31.7 Å². The van der Waals surface area contributed by atoms with Gasteiger partial charge >= 0.3 is 0 Å². The first kappa shape index (κ1) is 15.8. The molecule has 0 radical (unpaired) electrons. The molecule has 1 aromatic heterocycles. The molecule has 1 aromatic rings. The van der Waals surface area contributed by atoms with Crippen molar-refractivity contribution in [3.8, 4) is 0 Å². The van der Waals surface area contributed by atoms with Crippen molar-refractivity contribution in [2.45, 2.75) is 31.8 Å². The van der Waals surface area contributed by atoms with Crippen LogP contribution in [0, 0.1) is 11.8 Å². The van der Waals surface area contributed by atoms with Crippen LogP contribution in [-0.4, -0.2) is 59.9 Å². The summed E-state index contributed by atoms with van der Waals surface area (Å²) < 4.78 is 5.96. The molecule has 4 rings (SSSR count). The van der Waals surface area contributed by atoms with Crippen molar-refractivity contribution in [1.82, 2.24) is 15.0 Å².